The van der Waals surface area contributed by atoms with Gasteiger partial charge in [0, 0.05) is 18.8 Å². The Kier molecular flexibility index (Phi) is 6.87. The molecule has 2 atom stereocenters. The van der Waals surface area contributed by atoms with E-state index in [4.69, 9.17) is 11.2 Å². The van der Waals surface area contributed by atoms with E-state index in [9.17, 15) is 9.90 Å². The Bertz CT molecular complexity index is 515. The number of methoxy groups -OCH3 is 1. The van der Waals surface area contributed by atoms with E-state index in [1.807, 2.05) is 0 Å². The number of carbonyl (C=O) groups is 1. The highest BCUT2D eigenvalue weighted by molar-refractivity contribution is 5.77. The van der Waals surface area contributed by atoms with Crippen molar-refractivity contribution >= 4 is 5.97 Å². The second-order valence-electron chi connectivity index (χ2n) is 5.60. The number of ether oxygens (including phenoxy) is 1. The number of hydrogen-bond donors (Lipinski definition) is 1. The van der Waals surface area contributed by atoms with Crippen molar-refractivity contribution in [2.24, 2.45) is 11.3 Å². The highest BCUT2D eigenvalue weighted by Gasteiger charge is 2.32. The number of carbonyl (C=O) groups excluding carboxylic acids is 1. The zero-order valence-electron chi connectivity index (χ0n) is 12.7. The fourth-order valence-corrected chi connectivity index (χ4v) is 2.32. The van der Waals surface area contributed by atoms with Crippen molar-refractivity contribution in [1.29, 1.82) is 0 Å². The van der Waals surface area contributed by atoms with Crippen molar-refractivity contribution in [3.63, 3.8) is 0 Å². The molecule has 0 heterocycles. The van der Waals surface area contributed by atoms with Crippen molar-refractivity contribution in [1.82, 2.24) is 0 Å². The molecule has 0 amide bonds. The molecular weight excluding hydrogens is 264 g/mol. The minimum absolute atomic E-state index is 0.242. The molecular formula is C18H22O3. The van der Waals surface area contributed by atoms with E-state index in [-0.39, 0.29) is 18.8 Å². The van der Waals surface area contributed by atoms with E-state index < -0.39 is 11.5 Å². The average molecular weight is 286 g/mol. The molecule has 0 aromatic carbocycles. The van der Waals surface area contributed by atoms with E-state index >= 15 is 0 Å². The van der Waals surface area contributed by atoms with Gasteiger partial charge in [0.2, 0.25) is 0 Å². The summed E-state index contributed by atoms with van der Waals surface area (Å²) in [5, 5.41) is 9.73. The van der Waals surface area contributed by atoms with E-state index in [2.05, 4.69) is 29.6 Å². The zero-order valence-corrected chi connectivity index (χ0v) is 12.7. The Morgan fingerprint density at radius 1 is 1.38 bits per heavy atom. The van der Waals surface area contributed by atoms with Gasteiger partial charge in [-0.1, -0.05) is 36.5 Å². The molecule has 0 spiro atoms. The predicted octanol–water partition coefficient (Wildman–Crippen LogP) is 2.14. The molecule has 0 aromatic heterocycles. The summed E-state index contributed by atoms with van der Waals surface area (Å²) in [7, 11) is 1.33. The molecule has 1 aliphatic carbocycles. The molecule has 2 unspecified atom stereocenters. The molecule has 0 saturated heterocycles. The van der Waals surface area contributed by atoms with Gasteiger partial charge in [0.1, 0.15) is 0 Å². The third-order valence-electron chi connectivity index (χ3n) is 3.67. The molecule has 1 saturated carbocycles. The Balaban J connectivity index is 2.59. The fraction of sp³-hybridized carbons (Fsp3) is 0.611. The molecule has 3 heteroatoms. The lowest BCUT2D eigenvalue weighted by molar-refractivity contribution is -0.151. The van der Waals surface area contributed by atoms with E-state index in [1.165, 1.54) is 20.0 Å². The summed E-state index contributed by atoms with van der Waals surface area (Å²) in [6.45, 7) is 1.71. The normalized spacial score (nSPS) is 18.2. The summed E-state index contributed by atoms with van der Waals surface area (Å²) >= 11 is 0. The number of aliphatic hydroxyl groups is 1. The van der Waals surface area contributed by atoms with Crippen LogP contribution in [0.15, 0.2) is 0 Å². The van der Waals surface area contributed by atoms with Crippen molar-refractivity contribution in [3.05, 3.63) is 0 Å². The predicted molar refractivity (Wildman–Crippen MR) is 81.7 cm³/mol. The first-order chi connectivity index (χ1) is 10.0. The minimum Gasteiger partial charge on any atom is -0.469 e. The molecule has 21 heavy (non-hydrogen) atoms. The van der Waals surface area contributed by atoms with Gasteiger partial charge in [-0.25, -0.2) is 0 Å². The van der Waals surface area contributed by atoms with Crippen LogP contribution in [-0.2, 0) is 9.53 Å². The quantitative estimate of drug-likeness (QED) is 0.638. The van der Waals surface area contributed by atoms with Crippen LogP contribution in [0.1, 0.15) is 45.4 Å². The van der Waals surface area contributed by atoms with Crippen LogP contribution in [0.25, 0.3) is 0 Å². The van der Waals surface area contributed by atoms with Crippen molar-refractivity contribution in [2.45, 2.75) is 51.6 Å². The molecule has 0 radical (unpaired) electrons. The molecule has 1 rings (SSSR count). The lowest BCUT2D eigenvalue weighted by Crippen LogP contribution is -2.28. The van der Waals surface area contributed by atoms with Gasteiger partial charge in [-0.15, -0.1) is 12.3 Å². The van der Waals surface area contributed by atoms with Gasteiger partial charge in [0.05, 0.1) is 12.5 Å². The van der Waals surface area contributed by atoms with Gasteiger partial charge in [0.15, 0.2) is 6.10 Å². The first-order valence-electron chi connectivity index (χ1n) is 7.21. The summed E-state index contributed by atoms with van der Waals surface area (Å²) in [5.41, 5.74) is -0.838. The molecule has 0 bridgehead atoms. The third-order valence-corrected chi connectivity index (χ3v) is 3.67. The van der Waals surface area contributed by atoms with E-state index in [0.717, 1.165) is 12.8 Å². The first-order valence-corrected chi connectivity index (χ1v) is 7.21. The highest BCUT2D eigenvalue weighted by atomic mass is 16.5. The summed E-state index contributed by atoms with van der Waals surface area (Å²) in [5.74, 6) is 13.7. The van der Waals surface area contributed by atoms with Gasteiger partial charge >= 0.3 is 5.97 Å². The zero-order chi connectivity index (χ0) is 15.7. The molecule has 1 N–H and O–H groups in total. The molecule has 1 fully saturated rings. The van der Waals surface area contributed by atoms with Crippen LogP contribution in [-0.4, -0.2) is 24.3 Å². The van der Waals surface area contributed by atoms with E-state index in [1.54, 1.807) is 6.92 Å². The smallest absolute Gasteiger partial charge is 0.313 e. The SMILES string of the molecule is C#CCC(C)(CC#CC(O)C#CC1CCCC1)C(=O)OC. The van der Waals surface area contributed by atoms with Crippen LogP contribution in [0.5, 0.6) is 0 Å². The van der Waals surface area contributed by atoms with Crippen LogP contribution < -0.4 is 0 Å². The Hall–Kier alpha value is -1.89. The molecule has 1 aliphatic rings. The largest absolute Gasteiger partial charge is 0.469 e. The highest BCUT2D eigenvalue weighted by Crippen LogP contribution is 2.26. The topological polar surface area (TPSA) is 46.5 Å². The second kappa shape index (κ2) is 8.41. The van der Waals surface area contributed by atoms with Crippen molar-refractivity contribution in [3.8, 4) is 36.0 Å². The van der Waals surface area contributed by atoms with E-state index in [0.29, 0.717) is 5.92 Å². The maximum Gasteiger partial charge on any atom is 0.313 e. The number of aliphatic hydroxyl groups excluding tert-OH is 1. The lowest BCUT2D eigenvalue weighted by atomic mass is 9.84. The third kappa shape index (κ3) is 5.55. The second-order valence-corrected chi connectivity index (χ2v) is 5.60. The lowest BCUT2D eigenvalue weighted by Gasteiger charge is -2.21. The average Bonchev–Trinajstić information content (AvgIpc) is 2.97. The number of terminal acetylenes is 1. The Labute approximate surface area is 127 Å². The van der Waals surface area contributed by atoms with Gasteiger partial charge in [-0.3, -0.25) is 4.79 Å². The molecule has 0 aliphatic heterocycles. The van der Waals surface area contributed by atoms with Crippen LogP contribution >= 0.6 is 0 Å². The van der Waals surface area contributed by atoms with Gasteiger partial charge in [0.25, 0.3) is 0 Å². The molecule has 112 valence electrons. The van der Waals surface area contributed by atoms with Gasteiger partial charge < -0.3 is 9.84 Å². The minimum atomic E-state index is -0.974. The van der Waals surface area contributed by atoms with Crippen LogP contribution in [0.4, 0.5) is 0 Å². The fourth-order valence-electron chi connectivity index (χ4n) is 2.32. The Morgan fingerprint density at radius 2 is 2.05 bits per heavy atom. The van der Waals surface area contributed by atoms with Crippen LogP contribution in [0, 0.1) is 47.4 Å². The maximum atomic E-state index is 11.7. The summed E-state index contributed by atoms with van der Waals surface area (Å²) in [6, 6.07) is 0. The number of hydrogen-bond acceptors (Lipinski definition) is 3. The maximum absolute atomic E-state index is 11.7. The van der Waals surface area contributed by atoms with Crippen molar-refractivity contribution in [2.75, 3.05) is 7.11 Å². The van der Waals surface area contributed by atoms with Gasteiger partial charge in [-0.2, -0.15) is 0 Å². The van der Waals surface area contributed by atoms with Gasteiger partial charge in [-0.05, 0) is 19.8 Å². The molecule has 0 aromatic rings. The summed E-state index contributed by atoms with van der Waals surface area (Å²) < 4.78 is 4.75. The van der Waals surface area contributed by atoms with Crippen LogP contribution in [0.3, 0.4) is 0 Å². The monoisotopic (exact) mass is 286 g/mol. The standard InChI is InChI=1S/C18H22O3/c1-4-13-18(2,17(20)21-3)14-7-10-16(19)12-11-15-8-5-6-9-15/h1,15-16,19H,5-6,8-9,13-14H2,2-3H3. The Morgan fingerprint density at radius 3 is 2.62 bits per heavy atom. The first kappa shape index (κ1) is 17.2. The summed E-state index contributed by atoms with van der Waals surface area (Å²) in [6.07, 6.45) is 9.43. The van der Waals surface area contributed by atoms with Crippen molar-refractivity contribution < 1.29 is 14.6 Å². The number of rotatable bonds is 3. The van der Waals surface area contributed by atoms with Crippen LogP contribution in [0.2, 0.25) is 0 Å². The summed E-state index contributed by atoms with van der Waals surface area (Å²) in [4.78, 5) is 11.7. The molecule has 3 nitrogen and oxygen atoms in total. The number of esters is 1.